The molecule has 0 spiro atoms. The van der Waals surface area contributed by atoms with E-state index in [2.05, 4.69) is 0 Å². The number of aliphatic carboxylic acids is 1. The van der Waals surface area contributed by atoms with Crippen LogP contribution in [0, 0.1) is 0 Å². The molecule has 0 saturated carbocycles. The van der Waals surface area contributed by atoms with Crippen LogP contribution in [0.3, 0.4) is 0 Å². The van der Waals surface area contributed by atoms with Gasteiger partial charge < -0.3 is 14.6 Å². The van der Waals surface area contributed by atoms with Gasteiger partial charge in [-0.2, -0.15) is 0 Å². The fraction of sp³-hybridized carbons (Fsp3) is 0.400. The summed E-state index contributed by atoms with van der Waals surface area (Å²) in [7, 11) is 3.13. The van der Waals surface area contributed by atoms with E-state index in [4.69, 9.17) is 26.8 Å². The summed E-state index contributed by atoms with van der Waals surface area (Å²) in [5.74, 6) is 0.0304. The van der Waals surface area contributed by atoms with E-state index < -0.39 is 11.2 Å². The Morgan fingerprint density at radius 3 is 2.65 bits per heavy atom. The van der Waals surface area contributed by atoms with Crippen molar-refractivity contribution < 1.29 is 24.2 Å². The third-order valence-corrected chi connectivity index (χ3v) is 5.02. The number of hydrogen-bond donors (Lipinski definition) is 1. The van der Waals surface area contributed by atoms with Gasteiger partial charge in [0.15, 0.2) is 11.5 Å². The summed E-state index contributed by atoms with van der Waals surface area (Å²) >= 11 is 6.32. The van der Waals surface area contributed by atoms with Crippen molar-refractivity contribution in [3.8, 4) is 11.5 Å². The normalized spacial score (nSPS) is 17.5. The van der Waals surface area contributed by atoms with Crippen LogP contribution in [0.2, 0.25) is 0 Å². The van der Waals surface area contributed by atoms with Crippen molar-refractivity contribution in [2.45, 2.75) is 18.1 Å². The molecule has 23 heavy (non-hydrogen) atoms. The third-order valence-electron chi connectivity index (χ3n) is 3.44. The molecule has 124 valence electrons. The predicted octanol–water partition coefficient (Wildman–Crippen LogP) is 1.95. The first-order valence-electron chi connectivity index (χ1n) is 6.91. The molecule has 1 aromatic rings. The number of rotatable bonds is 7. The molecular formula is C15H17NO5S2. The van der Waals surface area contributed by atoms with Gasteiger partial charge >= 0.3 is 5.97 Å². The predicted molar refractivity (Wildman–Crippen MR) is 91.2 cm³/mol. The molecule has 1 heterocycles. The molecule has 8 heteroatoms. The second-order valence-electron chi connectivity index (χ2n) is 4.90. The molecule has 1 aliphatic rings. The van der Waals surface area contributed by atoms with Gasteiger partial charge in [0.25, 0.3) is 0 Å². The van der Waals surface area contributed by atoms with Crippen LogP contribution < -0.4 is 9.47 Å². The maximum Gasteiger partial charge on any atom is 0.305 e. The summed E-state index contributed by atoms with van der Waals surface area (Å²) < 4.78 is 10.9. The lowest BCUT2D eigenvalue weighted by atomic mass is 10.1. The molecule has 1 saturated heterocycles. The van der Waals surface area contributed by atoms with Crippen molar-refractivity contribution in [3.05, 3.63) is 23.8 Å². The molecule has 1 aromatic carbocycles. The number of benzene rings is 1. The van der Waals surface area contributed by atoms with E-state index in [1.807, 2.05) is 12.1 Å². The van der Waals surface area contributed by atoms with Crippen LogP contribution in [0.1, 0.15) is 12.0 Å². The smallest absolute Gasteiger partial charge is 0.305 e. The zero-order valence-electron chi connectivity index (χ0n) is 12.8. The van der Waals surface area contributed by atoms with Crippen molar-refractivity contribution >= 4 is 40.2 Å². The SMILES string of the molecule is COc1ccc(CCN2C(=O)[C@@H](CC(=O)O)SC2=S)cc1OC. The summed E-state index contributed by atoms with van der Waals surface area (Å²) in [5.41, 5.74) is 0.977. The molecule has 0 unspecified atom stereocenters. The van der Waals surface area contributed by atoms with Crippen molar-refractivity contribution in [2.24, 2.45) is 0 Å². The number of carbonyl (C=O) groups excluding carboxylic acids is 1. The quantitative estimate of drug-likeness (QED) is 0.749. The summed E-state index contributed by atoms with van der Waals surface area (Å²) in [6.07, 6.45) is 0.378. The molecule has 1 amide bonds. The highest BCUT2D eigenvalue weighted by atomic mass is 32.2. The largest absolute Gasteiger partial charge is 0.493 e. The lowest BCUT2D eigenvalue weighted by Crippen LogP contribution is -2.33. The van der Waals surface area contributed by atoms with Crippen LogP contribution in [0.15, 0.2) is 18.2 Å². The number of carboxylic acid groups (broad SMARTS) is 1. The molecule has 0 aromatic heterocycles. The van der Waals surface area contributed by atoms with Crippen molar-refractivity contribution in [3.63, 3.8) is 0 Å². The third kappa shape index (κ3) is 4.14. The van der Waals surface area contributed by atoms with Gasteiger partial charge in [0.05, 0.1) is 20.6 Å². The van der Waals surface area contributed by atoms with E-state index in [9.17, 15) is 9.59 Å². The molecule has 1 aliphatic heterocycles. The number of carboxylic acids is 1. The van der Waals surface area contributed by atoms with Gasteiger partial charge in [-0.25, -0.2) is 0 Å². The monoisotopic (exact) mass is 355 g/mol. The minimum absolute atomic E-state index is 0.212. The molecule has 1 N–H and O–H groups in total. The van der Waals surface area contributed by atoms with Gasteiger partial charge in [-0.1, -0.05) is 30.0 Å². The first kappa shape index (κ1) is 17.6. The van der Waals surface area contributed by atoms with Crippen molar-refractivity contribution in [1.82, 2.24) is 4.90 Å². The summed E-state index contributed by atoms with van der Waals surface area (Å²) in [6, 6.07) is 5.55. The van der Waals surface area contributed by atoms with E-state index >= 15 is 0 Å². The number of methoxy groups -OCH3 is 2. The molecule has 0 bridgehead atoms. The number of carbonyl (C=O) groups is 2. The van der Waals surface area contributed by atoms with Gasteiger partial charge in [-0.15, -0.1) is 0 Å². The summed E-state index contributed by atoms with van der Waals surface area (Å²) in [5, 5.41) is 8.21. The molecule has 0 radical (unpaired) electrons. The molecule has 6 nitrogen and oxygen atoms in total. The lowest BCUT2D eigenvalue weighted by Gasteiger charge is -2.16. The van der Waals surface area contributed by atoms with Crippen LogP contribution in [0.25, 0.3) is 0 Å². The second kappa shape index (κ2) is 7.65. The Morgan fingerprint density at radius 2 is 2.04 bits per heavy atom. The topological polar surface area (TPSA) is 76.1 Å². The highest BCUT2D eigenvalue weighted by Crippen LogP contribution is 2.31. The highest BCUT2D eigenvalue weighted by molar-refractivity contribution is 8.24. The molecular weight excluding hydrogens is 338 g/mol. The van der Waals surface area contributed by atoms with Crippen molar-refractivity contribution in [2.75, 3.05) is 20.8 Å². The number of amides is 1. The Hall–Kier alpha value is -1.80. The molecule has 1 fully saturated rings. The van der Waals surface area contributed by atoms with E-state index in [1.54, 1.807) is 20.3 Å². The first-order valence-corrected chi connectivity index (χ1v) is 8.19. The van der Waals surface area contributed by atoms with Crippen molar-refractivity contribution in [1.29, 1.82) is 0 Å². The maximum atomic E-state index is 12.2. The zero-order chi connectivity index (χ0) is 17.0. The molecule has 2 rings (SSSR count). The standard InChI is InChI=1S/C15H17NO5S2/c1-20-10-4-3-9(7-11(10)21-2)5-6-16-14(19)12(8-13(17)18)23-15(16)22/h3-4,7,12H,5-6,8H2,1-2H3,(H,17,18)/t12-/m1/s1. The number of ether oxygens (including phenoxy) is 2. The zero-order valence-corrected chi connectivity index (χ0v) is 14.4. The van der Waals surface area contributed by atoms with Gasteiger partial charge in [-0.3, -0.25) is 14.5 Å². The van der Waals surface area contributed by atoms with E-state index in [-0.39, 0.29) is 12.3 Å². The van der Waals surface area contributed by atoms with Crippen LogP contribution in [-0.4, -0.2) is 52.2 Å². The Morgan fingerprint density at radius 1 is 1.35 bits per heavy atom. The number of nitrogens with zero attached hydrogens (tertiary/aromatic N) is 1. The Labute approximate surface area is 143 Å². The fourth-order valence-corrected chi connectivity index (χ4v) is 3.80. The second-order valence-corrected chi connectivity index (χ2v) is 6.74. The average Bonchev–Trinajstić information content (AvgIpc) is 2.78. The number of hydrogen-bond acceptors (Lipinski definition) is 6. The van der Waals surface area contributed by atoms with Crippen LogP contribution in [-0.2, 0) is 16.0 Å². The van der Waals surface area contributed by atoms with Crippen LogP contribution >= 0.6 is 24.0 Å². The Bertz CT molecular complexity index is 634. The van der Waals surface area contributed by atoms with E-state index in [1.165, 1.54) is 4.90 Å². The maximum absolute atomic E-state index is 12.2. The highest BCUT2D eigenvalue weighted by Gasteiger charge is 2.37. The molecule has 1 atom stereocenters. The minimum atomic E-state index is -1.000. The van der Waals surface area contributed by atoms with Gasteiger partial charge in [-0.05, 0) is 24.1 Å². The van der Waals surface area contributed by atoms with E-state index in [0.29, 0.717) is 28.8 Å². The molecule has 0 aliphatic carbocycles. The number of thioether (sulfide) groups is 1. The minimum Gasteiger partial charge on any atom is -0.493 e. The Balaban J connectivity index is 2.02. The number of thiocarbonyl (C=S) groups is 1. The average molecular weight is 355 g/mol. The summed E-state index contributed by atoms with van der Waals surface area (Å²) in [6.45, 7) is 0.413. The first-order chi connectivity index (χ1) is 11.0. The van der Waals surface area contributed by atoms with E-state index in [0.717, 1.165) is 17.3 Å². The summed E-state index contributed by atoms with van der Waals surface area (Å²) in [4.78, 5) is 24.5. The van der Waals surface area contributed by atoms with Gasteiger partial charge in [0, 0.05) is 6.54 Å². The fourth-order valence-electron chi connectivity index (χ4n) is 2.27. The van der Waals surface area contributed by atoms with Crippen LogP contribution in [0.4, 0.5) is 0 Å². The van der Waals surface area contributed by atoms with Gasteiger partial charge in [0.1, 0.15) is 9.57 Å². The van der Waals surface area contributed by atoms with Gasteiger partial charge in [0.2, 0.25) is 5.91 Å². The lowest BCUT2D eigenvalue weighted by molar-refractivity contribution is -0.139. The Kier molecular flexibility index (Phi) is 5.84. The van der Waals surface area contributed by atoms with Crippen LogP contribution in [0.5, 0.6) is 11.5 Å².